The molecule has 1 aliphatic rings. The van der Waals surface area contributed by atoms with Crippen LogP contribution in [0.5, 0.6) is 11.6 Å². The molecule has 0 bridgehead atoms. The van der Waals surface area contributed by atoms with Crippen LogP contribution in [0.15, 0.2) is 48.8 Å². The number of benzene rings is 1. The van der Waals surface area contributed by atoms with E-state index in [9.17, 15) is 18.0 Å². The van der Waals surface area contributed by atoms with Crippen molar-refractivity contribution in [3.8, 4) is 22.8 Å². The fourth-order valence-corrected chi connectivity index (χ4v) is 4.43. The molecule has 1 amide bonds. The van der Waals surface area contributed by atoms with Gasteiger partial charge in [-0.1, -0.05) is 6.07 Å². The van der Waals surface area contributed by atoms with Crippen molar-refractivity contribution >= 4 is 11.6 Å². The molecule has 0 unspecified atom stereocenters. The third-order valence-electron chi connectivity index (χ3n) is 6.14. The number of methoxy groups -OCH3 is 1. The summed E-state index contributed by atoms with van der Waals surface area (Å²) >= 11 is 0. The molecule has 1 aliphatic heterocycles. The Balaban J connectivity index is 1.86. The minimum absolute atomic E-state index is 0.0866. The number of nitrogens with zero attached hydrogens (tertiary/aromatic N) is 3. The number of hydrogen-bond acceptors (Lipinski definition) is 7. The molecule has 11 heteroatoms. The van der Waals surface area contributed by atoms with Crippen LogP contribution in [-0.4, -0.2) is 48.2 Å². The van der Waals surface area contributed by atoms with E-state index in [0.717, 1.165) is 12.1 Å². The third kappa shape index (κ3) is 5.93. The van der Waals surface area contributed by atoms with E-state index in [1.165, 1.54) is 19.4 Å². The monoisotopic (exact) mass is 515 g/mol. The first kappa shape index (κ1) is 26.2. The van der Waals surface area contributed by atoms with Crippen molar-refractivity contribution < 1.29 is 27.4 Å². The second-order valence-electron chi connectivity index (χ2n) is 9.23. The van der Waals surface area contributed by atoms with Crippen molar-refractivity contribution in [2.24, 2.45) is 5.73 Å². The van der Waals surface area contributed by atoms with Crippen molar-refractivity contribution in [2.75, 3.05) is 25.1 Å². The van der Waals surface area contributed by atoms with Crippen LogP contribution in [0.25, 0.3) is 11.1 Å². The molecule has 196 valence electrons. The highest BCUT2D eigenvalue weighted by Gasteiger charge is 2.35. The van der Waals surface area contributed by atoms with Gasteiger partial charge in [0.2, 0.25) is 5.88 Å². The van der Waals surface area contributed by atoms with Crippen molar-refractivity contribution in [3.05, 3.63) is 65.9 Å². The maximum atomic E-state index is 14.5. The molecule has 0 spiro atoms. The van der Waals surface area contributed by atoms with Gasteiger partial charge in [-0.3, -0.25) is 9.78 Å². The summed E-state index contributed by atoms with van der Waals surface area (Å²) in [5.41, 5.74) is 7.52. The SMILES string of the molecule is COc1ncc(C(=O)N[C@@H](C)c2ccccn2)c(N2CC[C@](C)(N)C2)c1-c1cc(F)cc(OC(F)F)c1. The Kier molecular flexibility index (Phi) is 7.53. The van der Waals surface area contributed by atoms with Crippen LogP contribution in [0.3, 0.4) is 0 Å². The second kappa shape index (κ2) is 10.6. The van der Waals surface area contributed by atoms with Gasteiger partial charge < -0.3 is 25.4 Å². The Hall–Kier alpha value is -3.86. The lowest BCUT2D eigenvalue weighted by Gasteiger charge is -2.28. The van der Waals surface area contributed by atoms with Gasteiger partial charge in [-0.25, -0.2) is 9.37 Å². The summed E-state index contributed by atoms with van der Waals surface area (Å²) in [6.45, 7) is 1.43. The van der Waals surface area contributed by atoms with Gasteiger partial charge in [0.1, 0.15) is 11.6 Å². The van der Waals surface area contributed by atoms with Crippen molar-refractivity contribution in [2.45, 2.75) is 38.5 Å². The van der Waals surface area contributed by atoms with Crippen LogP contribution < -0.4 is 25.4 Å². The molecular formula is C26H28F3N5O3. The number of rotatable bonds is 8. The predicted octanol–water partition coefficient (Wildman–Crippen LogP) is 4.31. The maximum Gasteiger partial charge on any atom is 0.387 e. The van der Waals surface area contributed by atoms with E-state index in [-0.39, 0.29) is 28.3 Å². The number of alkyl halides is 2. The van der Waals surface area contributed by atoms with Gasteiger partial charge in [-0.2, -0.15) is 8.78 Å². The molecule has 0 aliphatic carbocycles. The van der Waals surface area contributed by atoms with Gasteiger partial charge >= 0.3 is 6.61 Å². The van der Waals surface area contributed by atoms with Crippen LogP contribution in [0.4, 0.5) is 18.9 Å². The highest BCUT2D eigenvalue weighted by Crippen LogP contribution is 2.43. The topological polar surface area (TPSA) is 103 Å². The number of halogens is 3. The molecule has 2 atom stereocenters. The normalized spacial score (nSPS) is 18.1. The molecule has 0 radical (unpaired) electrons. The van der Waals surface area contributed by atoms with Gasteiger partial charge in [0.15, 0.2) is 0 Å². The lowest BCUT2D eigenvalue weighted by atomic mass is 9.99. The molecule has 3 heterocycles. The predicted molar refractivity (Wildman–Crippen MR) is 132 cm³/mol. The minimum Gasteiger partial charge on any atom is -0.480 e. The number of ether oxygens (including phenoxy) is 2. The first-order chi connectivity index (χ1) is 17.6. The zero-order valence-corrected chi connectivity index (χ0v) is 20.7. The molecule has 4 rings (SSSR count). The number of nitrogens with one attached hydrogen (secondary N) is 1. The summed E-state index contributed by atoms with van der Waals surface area (Å²) in [5, 5.41) is 2.92. The second-order valence-corrected chi connectivity index (χ2v) is 9.23. The van der Waals surface area contributed by atoms with Crippen LogP contribution in [0, 0.1) is 5.82 Å². The Bertz CT molecular complexity index is 1270. The number of carbonyl (C=O) groups excluding carboxylic acids is 1. The average Bonchev–Trinajstić information content (AvgIpc) is 3.21. The summed E-state index contributed by atoms with van der Waals surface area (Å²) in [6, 6.07) is 8.22. The molecule has 1 aromatic carbocycles. The molecule has 37 heavy (non-hydrogen) atoms. The highest BCUT2D eigenvalue weighted by atomic mass is 19.3. The smallest absolute Gasteiger partial charge is 0.387 e. The average molecular weight is 516 g/mol. The number of anilines is 1. The molecule has 3 N–H and O–H groups in total. The van der Waals surface area contributed by atoms with E-state index in [1.807, 2.05) is 17.9 Å². The lowest BCUT2D eigenvalue weighted by Crippen LogP contribution is -2.40. The molecule has 3 aromatic rings. The number of pyridine rings is 2. The van der Waals surface area contributed by atoms with Gasteiger partial charge in [0.05, 0.1) is 35.7 Å². The van der Waals surface area contributed by atoms with Gasteiger partial charge in [-0.05, 0) is 50.1 Å². The van der Waals surface area contributed by atoms with Crippen LogP contribution in [-0.2, 0) is 0 Å². The zero-order chi connectivity index (χ0) is 26.7. The molecule has 1 saturated heterocycles. The summed E-state index contributed by atoms with van der Waals surface area (Å²) < 4.78 is 50.3. The summed E-state index contributed by atoms with van der Waals surface area (Å²) in [7, 11) is 1.38. The quantitative estimate of drug-likeness (QED) is 0.461. The number of amides is 1. The Morgan fingerprint density at radius 1 is 1.24 bits per heavy atom. The fourth-order valence-electron chi connectivity index (χ4n) is 4.43. The molecule has 1 fully saturated rings. The number of aromatic nitrogens is 2. The fraction of sp³-hybridized carbons (Fsp3) is 0.346. The summed E-state index contributed by atoms with van der Waals surface area (Å²) in [5.74, 6) is -1.54. The van der Waals surface area contributed by atoms with Crippen LogP contribution in [0.2, 0.25) is 0 Å². The first-order valence-corrected chi connectivity index (χ1v) is 11.7. The molecular weight excluding hydrogens is 487 g/mol. The van der Waals surface area contributed by atoms with E-state index >= 15 is 0 Å². The molecule has 8 nitrogen and oxygen atoms in total. The molecule has 0 saturated carbocycles. The van der Waals surface area contributed by atoms with Gasteiger partial charge in [-0.15, -0.1) is 0 Å². The number of carbonyl (C=O) groups is 1. The molecule has 2 aromatic heterocycles. The van der Waals surface area contributed by atoms with E-state index in [1.54, 1.807) is 25.3 Å². The van der Waals surface area contributed by atoms with Crippen molar-refractivity contribution in [1.29, 1.82) is 0 Å². The Morgan fingerprint density at radius 2 is 2.03 bits per heavy atom. The summed E-state index contributed by atoms with van der Waals surface area (Å²) in [4.78, 5) is 24.0. The van der Waals surface area contributed by atoms with Gasteiger partial charge in [0.25, 0.3) is 5.91 Å². The lowest BCUT2D eigenvalue weighted by molar-refractivity contribution is -0.0499. The van der Waals surface area contributed by atoms with Crippen molar-refractivity contribution in [1.82, 2.24) is 15.3 Å². The number of nitrogens with two attached hydrogens (primary N) is 1. The van der Waals surface area contributed by atoms with Crippen LogP contribution >= 0.6 is 0 Å². The largest absolute Gasteiger partial charge is 0.480 e. The van der Waals surface area contributed by atoms with Gasteiger partial charge in [0, 0.05) is 37.1 Å². The minimum atomic E-state index is -3.14. The van der Waals surface area contributed by atoms with E-state index < -0.39 is 29.9 Å². The van der Waals surface area contributed by atoms with E-state index in [2.05, 4.69) is 20.0 Å². The van der Waals surface area contributed by atoms with E-state index in [4.69, 9.17) is 10.5 Å². The maximum absolute atomic E-state index is 14.5. The zero-order valence-electron chi connectivity index (χ0n) is 20.7. The van der Waals surface area contributed by atoms with E-state index in [0.29, 0.717) is 30.9 Å². The highest BCUT2D eigenvalue weighted by molar-refractivity contribution is 6.04. The van der Waals surface area contributed by atoms with Crippen LogP contribution in [0.1, 0.15) is 42.4 Å². The Labute approximate surface area is 212 Å². The summed E-state index contributed by atoms with van der Waals surface area (Å²) in [6.07, 6.45) is 3.64. The first-order valence-electron chi connectivity index (χ1n) is 11.7. The standard InChI is InChI=1S/C26H28F3N5O3/c1-15(20-6-4-5-8-31-20)33-23(35)19-13-32-24(36-3)21(22(19)34-9-7-26(2,30)14-34)16-10-17(27)12-18(11-16)37-25(28)29/h4-6,8,10-13,15,25H,7,9,14,30H2,1-3H3,(H,33,35)/t15-,26-/m0/s1. The number of hydrogen-bond donors (Lipinski definition) is 2. The van der Waals surface area contributed by atoms with Crippen molar-refractivity contribution in [3.63, 3.8) is 0 Å². The third-order valence-corrected chi connectivity index (χ3v) is 6.14. The Morgan fingerprint density at radius 3 is 2.65 bits per heavy atom.